The van der Waals surface area contributed by atoms with Gasteiger partial charge in [0.05, 0.1) is 5.56 Å². The summed E-state index contributed by atoms with van der Waals surface area (Å²) in [5.74, 6) is 0.217. The highest BCUT2D eigenvalue weighted by Gasteiger charge is 2.09. The molecule has 0 aromatic heterocycles. The molecule has 0 radical (unpaired) electrons. The number of nitrogens with two attached hydrogens (primary N) is 1. The molecule has 0 aliphatic carbocycles. The van der Waals surface area contributed by atoms with Gasteiger partial charge in [0, 0.05) is 11.8 Å². The van der Waals surface area contributed by atoms with Gasteiger partial charge in [-0.1, -0.05) is 12.1 Å². The van der Waals surface area contributed by atoms with Gasteiger partial charge in [0.1, 0.15) is 11.5 Å². The Morgan fingerprint density at radius 3 is 2.58 bits per heavy atom. The van der Waals surface area contributed by atoms with Crippen LogP contribution < -0.4 is 10.5 Å². The molecule has 98 valence electrons. The molecule has 0 unspecified atom stereocenters. The number of carboxylic acid groups (broad SMARTS) is 1. The van der Waals surface area contributed by atoms with Crippen molar-refractivity contribution in [2.24, 2.45) is 0 Å². The fourth-order valence-corrected chi connectivity index (χ4v) is 1.76. The summed E-state index contributed by atoms with van der Waals surface area (Å²) in [6.07, 6.45) is 0. The smallest absolute Gasteiger partial charge is 0.337 e. The maximum Gasteiger partial charge on any atom is 0.337 e. The minimum absolute atomic E-state index is 0.0771. The summed E-state index contributed by atoms with van der Waals surface area (Å²) in [4.78, 5) is 10.9. The standard InChI is InChI=1S/C15H15NO3/c1-9-4-3-5-14(10(9)2)19-11-6-7-12(15(17)18)13(16)8-11/h3-8H,16H2,1-2H3,(H,17,18). The molecule has 0 saturated carbocycles. The van der Waals surface area contributed by atoms with Gasteiger partial charge in [-0.15, -0.1) is 0 Å². The van der Waals surface area contributed by atoms with Crippen molar-refractivity contribution < 1.29 is 14.6 Å². The lowest BCUT2D eigenvalue weighted by atomic mass is 10.1. The van der Waals surface area contributed by atoms with Crippen molar-refractivity contribution in [2.45, 2.75) is 13.8 Å². The molecular weight excluding hydrogens is 242 g/mol. The number of aryl methyl sites for hydroxylation is 1. The molecule has 0 aliphatic rings. The van der Waals surface area contributed by atoms with Gasteiger partial charge in [-0.2, -0.15) is 0 Å². The molecule has 0 atom stereocenters. The van der Waals surface area contributed by atoms with E-state index in [1.807, 2.05) is 32.0 Å². The lowest BCUT2D eigenvalue weighted by Gasteiger charge is -2.11. The molecule has 2 aromatic carbocycles. The summed E-state index contributed by atoms with van der Waals surface area (Å²) < 4.78 is 5.73. The molecule has 0 amide bonds. The third-order valence-electron chi connectivity index (χ3n) is 3.04. The average Bonchev–Trinajstić information content (AvgIpc) is 2.34. The van der Waals surface area contributed by atoms with Gasteiger partial charge in [0.15, 0.2) is 0 Å². The van der Waals surface area contributed by atoms with Crippen molar-refractivity contribution in [1.82, 2.24) is 0 Å². The highest BCUT2D eigenvalue weighted by atomic mass is 16.5. The number of ether oxygens (including phenoxy) is 1. The molecule has 3 N–H and O–H groups in total. The first-order valence-corrected chi connectivity index (χ1v) is 5.86. The fraction of sp³-hybridized carbons (Fsp3) is 0.133. The lowest BCUT2D eigenvalue weighted by Crippen LogP contribution is -2.02. The van der Waals surface area contributed by atoms with Crippen molar-refractivity contribution in [3.8, 4) is 11.5 Å². The number of rotatable bonds is 3. The van der Waals surface area contributed by atoms with Gasteiger partial charge in [0.25, 0.3) is 0 Å². The normalized spacial score (nSPS) is 10.2. The average molecular weight is 257 g/mol. The monoisotopic (exact) mass is 257 g/mol. The van der Waals surface area contributed by atoms with Crippen molar-refractivity contribution >= 4 is 11.7 Å². The van der Waals surface area contributed by atoms with E-state index in [1.165, 1.54) is 12.1 Å². The van der Waals surface area contributed by atoms with E-state index in [9.17, 15) is 4.79 Å². The Kier molecular flexibility index (Phi) is 3.42. The maximum atomic E-state index is 10.9. The van der Waals surface area contributed by atoms with E-state index in [2.05, 4.69) is 0 Å². The lowest BCUT2D eigenvalue weighted by molar-refractivity contribution is 0.0698. The molecule has 0 aliphatic heterocycles. The van der Waals surface area contributed by atoms with Gasteiger partial charge >= 0.3 is 5.97 Å². The van der Waals surface area contributed by atoms with Crippen LogP contribution in [0.15, 0.2) is 36.4 Å². The van der Waals surface area contributed by atoms with Crippen LogP contribution in [0.25, 0.3) is 0 Å². The molecule has 0 saturated heterocycles. The van der Waals surface area contributed by atoms with Crippen LogP contribution >= 0.6 is 0 Å². The van der Waals surface area contributed by atoms with Crippen LogP contribution in [-0.4, -0.2) is 11.1 Å². The van der Waals surface area contributed by atoms with Crippen molar-refractivity contribution in [3.63, 3.8) is 0 Å². The largest absolute Gasteiger partial charge is 0.478 e. The number of benzene rings is 2. The number of anilines is 1. The second-order valence-electron chi connectivity index (χ2n) is 4.35. The van der Waals surface area contributed by atoms with Crippen LogP contribution in [0, 0.1) is 13.8 Å². The summed E-state index contributed by atoms with van der Waals surface area (Å²) in [5, 5.41) is 8.91. The summed E-state index contributed by atoms with van der Waals surface area (Å²) in [5.41, 5.74) is 8.13. The number of carboxylic acids is 1. The van der Waals surface area contributed by atoms with Crippen LogP contribution in [0.5, 0.6) is 11.5 Å². The summed E-state index contributed by atoms with van der Waals surface area (Å²) >= 11 is 0. The molecule has 0 spiro atoms. The number of nitrogen functional groups attached to an aromatic ring is 1. The van der Waals surface area contributed by atoms with Gasteiger partial charge < -0.3 is 15.6 Å². The number of aromatic carboxylic acids is 1. The highest BCUT2D eigenvalue weighted by molar-refractivity contribution is 5.93. The first-order chi connectivity index (χ1) is 8.99. The van der Waals surface area contributed by atoms with E-state index < -0.39 is 5.97 Å². The zero-order chi connectivity index (χ0) is 14.0. The molecule has 4 heteroatoms. The minimum atomic E-state index is -1.05. The molecule has 2 aromatic rings. The van der Waals surface area contributed by atoms with E-state index >= 15 is 0 Å². The van der Waals surface area contributed by atoms with E-state index in [-0.39, 0.29) is 11.3 Å². The van der Waals surface area contributed by atoms with Gasteiger partial charge in [0.2, 0.25) is 0 Å². The highest BCUT2D eigenvalue weighted by Crippen LogP contribution is 2.28. The molecule has 4 nitrogen and oxygen atoms in total. The van der Waals surface area contributed by atoms with E-state index in [1.54, 1.807) is 6.07 Å². The molecule has 0 fully saturated rings. The Labute approximate surface area is 111 Å². The summed E-state index contributed by atoms with van der Waals surface area (Å²) in [7, 11) is 0. The first-order valence-electron chi connectivity index (χ1n) is 5.86. The molecular formula is C15H15NO3. The van der Waals surface area contributed by atoms with Crippen molar-refractivity contribution in [2.75, 3.05) is 5.73 Å². The van der Waals surface area contributed by atoms with Crippen LogP contribution in [0.3, 0.4) is 0 Å². The second-order valence-corrected chi connectivity index (χ2v) is 4.35. The van der Waals surface area contributed by atoms with Gasteiger partial charge in [-0.05, 0) is 43.2 Å². The Hall–Kier alpha value is -2.49. The second kappa shape index (κ2) is 5.02. The summed E-state index contributed by atoms with van der Waals surface area (Å²) in [6.45, 7) is 3.98. The minimum Gasteiger partial charge on any atom is -0.478 e. The zero-order valence-electron chi connectivity index (χ0n) is 10.8. The molecule has 0 bridgehead atoms. The predicted molar refractivity (Wildman–Crippen MR) is 73.8 cm³/mol. The van der Waals surface area contributed by atoms with Gasteiger partial charge in [-0.25, -0.2) is 4.79 Å². The Morgan fingerprint density at radius 2 is 1.95 bits per heavy atom. The number of carbonyl (C=O) groups is 1. The number of hydrogen-bond donors (Lipinski definition) is 2. The van der Waals surface area contributed by atoms with Crippen LogP contribution in [0.2, 0.25) is 0 Å². The van der Waals surface area contributed by atoms with Gasteiger partial charge in [-0.3, -0.25) is 0 Å². The quantitative estimate of drug-likeness (QED) is 0.827. The van der Waals surface area contributed by atoms with Crippen LogP contribution in [0.1, 0.15) is 21.5 Å². The SMILES string of the molecule is Cc1cccc(Oc2ccc(C(=O)O)c(N)c2)c1C. The zero-order valence-corrected chi connectivity index (χ0v) is 10.8. The predicted octanol–water partition coefficient (Wildman–Crippen LogP) is 3.38. The summed E-state index contributed by atoms with van der Waals surface area (Å²) in [6, 6.07) is 10.3. The number of hydrogen-bond acceptors (Lipinski definition) is 3. The fourth-order valence-electron chi connectivity index (χ4n) is 1.76. The van der Waals surface area contributed by atoms with Crippen molar-refractivity contribution in [1.29, 1.82) is 0 Å². The van der Waals surface area contributed by atoms with E-state index in [0.717, 1.165) is 16.9 Å². The Balaban J connectivity index is 2.32. The molecule has 19 heavy (non-hydrogen) atoms. The third kappa shape index (κ3) is 2.68. The first kappa shape index (κ1) is 13.0. The van der Waals surface area contributed by atoms with E-state index in [0.29, 0.717) is 5.75 Å². The Morgan fingerprint density at radius 1 is 1.21 bits per heavy atom. The van der Waals surface area contributed by atoms with Crippen LogP contribution in [0.4, 0.5) is 5.69 Å². The molecule has 2 rings (SSSR count). The maximum absolute atomic E-state index is 10.9. The topological polar surface area (TPSA) is 72.5 Å². The van der Waals surface area contributed by atoms with Crippen LogP contribution in [-0.2, 0) is 0 Å². The molecule has 0 heterocycles. The third-order valence-corrected chi connectivity index (χ3v) is 3.04. The van der Waals surface area contributed by atoms with E-state index in [4.69, 9.17) is 15.6 Å². The van der Waals surface area contributed by atoms with Crippen molar-refractivity contribution in [3.05, 3.63) is 53.1 Å². The Bertz CT molecular complexity index is 635.